The van der Waals surface area contributed by atoms with E-state index in [9.17, 15) is 0 Å². The van der Waals surface area contributed by atoms with E-state index in [-0.39, 0.29) is 11.9 Å². The molecule has 0 amide bonds. The molecule has 2 heterocycles. The maximum Gasteiger partial charge on any atom is 0.253 e. The number of nitrogens with two attached hydrogens (primary N) is 3. The topological polar surface area (TPSA) is 123 Å². The number of halogens is 1. The molecular formula is C22H27ClN8. The van der Waals surface area contributed by atoms with Crippen LogP contribution in [0.5, 0.6) is 0 Å². The zero-order valence-electron chi connectivity index (χ0n) is 17.3. The maximum absolute atomic E-state index is 6.23. The Morgan fingerprint density at radius 1 is 1.00 bits per heavy atom. The van der Waals surface area contributed by atoms with Crippen LogP contribution in [0.3, 0.4) is 0 Å². The number of nitrogens with zero attached hydrogens (tertiary/aromatic N) is 5. The van der Waals surface area contributed by atoms with Gasteiger partial charge >= 0.3 is 0 Å². The van der Waals surface area contributed by atoms with E-state index >= 15 is 0 Å². The second-order valence-electron chi connectivity index (χ2n) is 7.59. The number of hydrogen-bond acceptors (Lipinski definition) is 6. The van der Waals surface area contributed by atoms with Crippen molar-refractivity contribution in [3.8, 4) is 11.3 Å². The molecule has 1 aliphatic rings. The van der Waals surface area contributed by atoms with Crippen LogP contribution in [0.1, 0.15) is 6.42 Å². The highest BCUT2D eigenvalue weighted by Gasteiger charge is 2.17. The summed E-state index contributed by atoms with van der Waals surface area (Å²) >= 11 is 6.23. The molecule has 8 nitrogen and oxygen atoms in total. The molecule has 1 aromatic heterocycles. The van der Waals surface area contributed by atoms with Crippen molar-refractivity contribution in [2.24, 2.45) is 22.2 Å². The molecule has 0 spiro atoms. The van der Waals surface area contributed by atoms with Crippen LogP contribution in [0.4, 0.5) is 11.6 Å². The van der Waals surface area contributed by atoms with Crippen LogP contribution in [-0.2, 0) is 0 Å². The Morgan fingerprint density at radius 2 is 1.74 bits per heavy atom. The van der Waals surface area contributed by atoms with E-state index < -0.39 is 0 Å². The fraction of sp³-hybridized carbons (Fsp3) is 0.318. The molecule has 0 unspecified atom stereocenters. The van der Waals surface area contributed by atoms with Crippen LogP contribution >= 0.6 is 11.6 Å². The van der Waals surface area contributed by atoms with Crippen LogP contribution in [0, 0.1) is 0 Å². The summed E-state index contributed by atoms with van der Waals surface area (Å²) < 4.78 is 0. The molecule has 9 heteroatoms. The lowest BCUT2D eigenvalue weighted by Gasteiger charge is -2.36. The summed E-state index contributed by atoms with van der Waals surface area (Å²) in [6.07, 6.45) is 1.05. The molecule has 1 saturated heterocycles. The van der Waals surface area contributed by atoms with Gasteiger partial charge in [-0.2, -0.15) is 4.99 Å². The second kappa shape index (κ2) is 9.47. The van der Waals surface area contributed by atoms with Gasteiger partial charge in [0.25, 0.3) is 5.95 Å². The molecule has 2 aromatic carbocycles. The average Bonchev–Trinajstić information content (AvgIpc) is 2.77. The molecule has 0 saturated carbocycles. The number of aromatic nitrogens is 2. The number of piperazine rings is 1. The van der Waals surface area contributed by atoms with Crippen molar-refractivity contribution in [1.29, 1.82) is 0 Å². The summed E-state index contributed by atoms with van der Waals surface area (Å²) in [5.74, 6) is 0.141. The number of benzene rings is 2. The number of guanidine groups is 1. The number of aliphatic imine (C=N–C) groups is 1. The molecule has 4 rings (SSSR count). The standard InChI is InChI=1S/C22H27ClN8/c23-16-4-7-19-18(14-16)20(28-22(27-19)29-21(25)26)15-2-5-17(6-3-15)31-12-10-30(11-13-31)9-1-8-24/h2-7,14H,1,8-13,24H2,(H4,25,26,27,28,29). The lowest BCUT2D eigenvalue weighted by atomic mass is 10.1. The number of rotatable bonds is 6. The van der Waals surface area contributed by atoms with E-state index in [4.69, 9.17) is 28.8 Å². The van der Waals surface area contributed by atoms with Crippen LogP contribution in [-0.4, -0.2) is 60.1 Å². The molecule has 162 valence electrons. The lowest BCUT2D eigenvalue weighted by Crippen LogP contribution is -2.46. The van der Waals surface area contributed by atoms with Crippen LogP contribution in [0.25, 0.3) is 22.2 Å². The summed E-state index contributed by atoms with van der Waals surface area (Å²) in [6.45, 7) is 5.94. The normalized spacial score (nSPS) is 14.7. The molecule has 1 fully saturated rings. The highest BCUT2D eigenvalue weighted by atomic mass is 35.5. The van der Waals surface area contributed by atoms with E-state index in [0.29, 0.717) is 5.02 Å². The Morgan fingerprint density at radius 3 is 2.42 bits per heavy atom. The first kappa shape index (κ1) is 21.3. The predicted molar refractivity (Wildman–Crippen MR) is 128 cm³/mol. The Bertz CT molecular complexity index is 1070. The van der Waals surface area contributed by atoms with Crippen molar-refractivity contribution in [2.45, 2.75) is 6.42 Å². The molecule has 0 bridgehead atoms. The van der Waals surface area contributed by atoms with Gasteiger partial charge in [-0.15, -0.1) is 0 Å². The minimum absolute atomic E-state index is 0.0831. The van der Waals surface area contributed by atoms with Gasteiger partial charge < -0.3 is 22.1 Å². The van der Waals surface area contributed by atoms with E-state index in [1.165, 1.54) is 5.69 Å². The molecule has 6 N–H and O–H groups in total. The van der Waals surface area contributed by atoms with E-state index in [1.807, 2.05) is 12.1 Å². The van der Waals surface area contributed by atoms with Crippen LogP contribution in [0.15, 0.2) is 47.5 Å². The third-order valence-corrected chi connectivity index (χ3v) is 5.67. The quantitative estimate of drug-likeness (QED) is 0.398. The van der Waals surface area contributed by atoms with Gasteiger partial charge in [-0.3, -0.25) is 4.90 Å². The number of hydrogen-bond donors (Lipinski definition) is 3. The van der Waals surface area contributed by atoms with E-state index in [2.05, 4.69) is 49.0 Å². The fourth-order valence-corrected chi connectivity index (χ4v) is 4.02. The van der Waals surface area contributed by atoms with Crippen molar-refractivity contribution < 1.29 is 0 Å². The van der Waals surface area contributed by atoms with Crippen molar-refractivity contribution in [2.75, 3.05) is 44.2 Å². The largest absolute Gasteiger partial charge is 0.370 e. The van der Waals surface area contributed by atoms with Gasteiger partial charge in [0.15, 0.2) is 5.96 Å². The van der Waals surface area contributed by atoms with Gasteiger partial charge in [0, 0.05) is 47.8 Å². The van der Waals surface area contributed by atoms with Gasteiger partial charge in [-0.1, -0.05) is 23.7 Å². The number of fused-ring (bicyclic) bond motifs is 1. The van der Waals surface area contributed by atoms with Gasteiger partial charge in [-0.05, 0) is 49.8 Å². The first-order chi connectivity index (χ1) is 15.0. The molecule has 0 atom stereocenters. The van der Waals surface area contributed by atoms with Crippen molar-refractivity contribution in [1.82, 2.24) is 14.9 Å². The van der Waals surface area contributed by atoms with Crippen molar-refractivity contribution >= 4 is 40.1 Å². The average molecular weight is 439 g/mol. The third-order valence-electron chi connectivity index (χ3n) is 5.43. The molecular weight excluding hydrogens is 412 g/mol. The van der Waals surface area contributed by atoms with Gasteiger partial charge in [0.05, 0.1) is 11.2 Å². The monoisotopic (exact) mass is 438 g/mol. The molecule has 31 heavy (non-hydrogen) atoms. The van der Waals surface area contributed by atoms with E-state index in [0.717, 1.165) is 67.8 Å². The van der Waals surface area contributed by atoms with Crippen molar-refractivity contribution in [3.63, 3.8) is 0 Å². The molecule has 0 aliphatic carbocycles. The maximum atomic E-state index is 6.23. The zero-order valence-corrected chi connectivity index (χ0v) is 18.1. The first-order valence-corrected chi connectivity index (χ1v) is 10.8. The molecule has 3 aromatic rings. The van der Waals surface area contributed by atoms with Gasteiger partial charge in [0.1, 0.15) is 0 Å². The summed E-state index contributed by atoms with van der Waals surface area (Å²) in [5, 5.41) is 1.47. The van der Waals surface area contributed by atoms with Gasteiger partial charge in [-0.25, -0.2) is 9.97 Å². The molecule has 0 radical (unpaired) electrons. The Hall–Kier alpha value is -2.94. The Labute approximate surface area is 186 Å². The molecule has 1 aliphatic heterocycles. The third kappa shape index (κ3) is 5.04. The first-order valence-electron chi connectivity index (χ1n) is 10.4. The summed E-state index contributed by atoms with van der Waals surface area (Å²) in [6, 6.07) is 13.9. The minimum Gasteiger partial charge on any atom is -0.370 e. The fourth-order valence-electron chi connectivity index (χ4n) is 3.85. The highest BCUT2D eigenvalue weighted by molar-refractivity contribution is 6.31. The Balaban J connectivity index is 1.60. The van der Waals surface area contributed by atoms with Crippen LogP contribution in [0.2, 0.25) is 5.02 Å². The van der Waals surface area contributed by atoms with E-state index in [1.54, 1.807) is 6.07 Å². The van der Waals surface area contributed by atoms with Crippen molar-refractivity contribution in [3.05, 3.63) is 47.5 Å². The van der Waals surface area contributed by atoms with Crippen LogP contribution < -0.4 is 22.1 Å². The zero-order chi connectivity index (χ0) is 21.8. The summed E-state index contributed by atoms with van der Waals surface area (Å²) in [7, 11) is 0. The van der Waals surface area contributed by atoms with Gasteiger partial charge in [0.2, 0.25) is 0 Å². The number of anilines is 1. The Kier molecular flexibility index (Phi) is 6.50. The summed E-state index contributed by atoms with van der Waals surface area (Å²) in [5.41, 5.74) is 20.3. The predicted octanol–water partition coefficient (Wildman–Crippen LogP) is 2.33. The summed E-state index contributed by atoms with van der Waals surface area (Å²) in [4.78, 5) is 17.9. The SMILES string of the molecule is NCCCN1CCN(c2ccc(-c3nc(N=C(N)N)nc4ccc(Cl)cc34)cc2)CC1. The minimum atomic E-state index is -0.0831. The highest BCUT2D eigenvalue weighted by Crippen LogP contribution is 2.31. The smallest absolute Gasteiger partial charge is 0.253 e. The lowest BCUT2D eigenvalue weighted by molar-refractivity contribution is 0.256. The second-order valence-corrected chi connectivity index (χ2v) is 8.02.